The molecule has 0 fully saturated rings. The Morgan fingerprint density at radius 3 is 2.20 bits per heavy atom. The molecule has 0 N–H and O–H groups in total. The van der Waals surface area contributed by atoms with Crippen LogP contribution < -0.4 is 9.47 Å². The average molecular weight is 278 g/mol. The molecule has 0 bridgehead atoms. The highest BCUT2D eigenvalue weighted by atomic mass is 16.5. The minimum Gasteiger partial charge on any atom is -0.491 e. The van der Waals surface area contributed by atoms with Crippen molar-refractivity contribution in [3.63, 3.8) is 0 Å². The predicted molar refractivity (Wildman–Crippen MR) is 85.8 cm³/mol. The van der Waals surface area contributed by atoms with Gasteiger partial charge < -0.3 is 9.47 Å². The van der Waals surface area contributed by atoms with E-state index >= 15 is 0 Å². The van der Waals surface area contributed by atoms with Crippen molar-refractivity contribution in [3.05, 3.63) is 23.8 Å². The van der Waals surface area contributed by atoms with Gasteiger partial charge in [-0.3, -0.25) is 0 Å². The molecule has 0 heterocycles. The number of unbranched alkanes of at least 4 members (excludes halogenated alkanes) is 3. The highest BCUT2D eigenvalue weighted by molar-refractivity contribution is 5.41. The predicted octanol–water partition coefficient (Wildman–Crippen LogP) is 5.38. The Kier molecular flexibility index (Phi) is 7.50. The largest absolute Gasteiger partial charge is 0.491 e. The second kappa shape index (κ2) is 8.89. The van der Waals surface area contributed by atoms with Crippen LogP contribution in [0, 0.1) is 0 Å². The van der Waals surface area contributed by atoms with Crippen molar-refractivity contribution in [2.75, 3.05) is 0 Å². The van der Waals surface area contributed by atoms with E-state index in [1.54, 1.807) is 0 Å². The summed E-state index contributed by atoms with van der Waals surface area (Å²) in [4.78, 5) is 0. The molecule has 0 spiro atoms. The van der Waals surface area contributed by atoms with Crippen molar-refractivity contribution in [2.45, 2.75) is 78.9 Å². The van der Waals surface area contributed by atoms with Crippen LogP contribution in [0.15, 0.2) is 18.2 Å². The molecule has 2 nitrogen and oxygen atoms in total. The molecule has 20 heavy (non-hydrogen) atoms. The van der Waals surface area contributed by atoms with E-state index in [-0.39, 0.29) is 12.2 Å². The first-order valence-electron chi connectivity index (χ1n) is 7.99. The minimum absolute atomic E-state index is 0.192. The van der Waals surface area contributed by atoms with E-state index in [1.807, 2.05) is 19.9 Å². The molecule has 0 amide bonds. The van der Waals surface area contributed by atoms with Crippen LogP contribution in [-0.2, 0) is 6.42 Å². The fourth-order valence-electron chi connectivity index (χ4n) is 2.19. The van der Waals surface area contributed by atoms with E-state index in [0.29, 0.717) is 0 Å². The maximum atomic E-state index is 5.94. The van der Waals surface area contributed by atoms with Crippen molar-refractivity contribution in [2.24, 2.45) is 0 Å². The first-order chi connectivity index (χ1) is 9.52. The monoisotopic (exact) mass is 278 g/mol. The highest BCUT2D eigenvalue weighted by Crippen LogP contribution is 2.28. The molecule has 0 aliphatic heterocycles. The molecule has 0 atom stereocenters. The van der Waals surface area contributed by atoms with E-state index in [1.165, 1.54) is 31.2 Å². The van der Waals surface area contributed by atoms with Gasteiger partial charge in [0.2, 0.25) is 0 Å². The fraction of sp³-hybridized carbons (Fsp3) is 0.667. The highest BCUT2D eigenvalue weighted by Gasteiger charge is 2.09. The SMILES string of the molecule is CCCCCCc1ccc(OC(C)C)cc1OC(C)C. The summed E-state index contributed by atoms with van der Waals surface area (Å²) < 4.78 is 11.7. The van der Waals surface area contributed by atoms with E-state index in [0.717, 1.165) is 17.9 Å². The van der Waals surface area contributed by atoms with Crippen molar-refractivity contribution in [1.82, 2.24) is 0 Å². The molecule has 0 saturated carbocycles. The Balaban J connectivity index is 2.75. The van der Waals surface area contributed by atoms with Crippen LogP contribution in [0.1, 0.15) is 65.9 Å². The summed E-state index contributed by atoms with van der Waals surface area (Å²) in [6, 6.07) is 6.25. The number of benzene rings is 1. The summed E-state index contributed by atoms with van der Waals surface area (Å²) in [6.07, 6.45) is 6.58. The lowest BCUT2D eigenvalue weighted by Crippen LogP contribution is -2.09. The second-order valence-electron chi connectivity index (χ2n) is 5.91. The van der Waals surface area contributed by atoms with Crippen molar-refractivity contribution in [1.29, 1.82) is 0 Å². The average Bonchev–Trinajstić information content (AvgIpc) is 2.35. The maximum absolute atomic E-state index is 5.94. The molecular weight excluding hydrogens is 248 g/mol. The Hall–Kier alpha value is -1.18. The Morgan fingerprint density at radius 1 is 0.900 bits per heavy atom. The molecule has 1 aromatic carbocycles. The molecule has 0 aliphatic carbocycles. The number of ether oxygens (including phenoxy) is 2. The third-order valence-corrected chi connectivity index (χ3v) is 3.07. The normalized spacial score (nSPS) is 11.2. The first kappa shape index (κ1) is 16.9. The van der Waals surface area contributed by atoms with Gasteiger partial charge in [0.15, 0.2) is 0 Å². The third-order valence-electron chi connectivity index (χ3n) is 3.07. The van der Waals surface area contributed by atoms with Gasteiger partial charge in [-0.2, -0.15) is 0 Å². The lowest BCUT2D eigenvalue weighted by molar-refractivity contribution is 0.227. The molecule has 0 aliphatic rings. The molecule has 1 aromatic rings. The second-order valence-corrected chi connectivity index (χ2v) is 5.91. The van der Waals surface area contributed by atoms with Gasteiger partial charge in [0, 0.05) is 6.07 Å². The number of hydrogen-bond acceptors (Lipinski definition) is 2. The molecule has 2 heteroatoms. The van der Waals surface area contributed by atoms with Crippen molar-refractivity contribution >= 4 is 0 Å². The maximum Gasteiger partial charge on any atom is 0.126 e. The number of hydrogen-bond donors (Lipinski definition) is 0. The zero-order valence-corrected chi connectivity index (χ0v) is 13.7. The lowest BCUT2D eigenvalue weighted by atomic mass is 10.0. The van der Waals surface area contributed by atoms with Crippen LogP contribution in [0.4, 0.5) is 0 Å². The van der Waals surface area contributed by atoms with Gasteiger partial charge in [-0.25, -0.2) is 0 Å². The fourth-order valence-corrected chi connectivity index (χ4v) is 2.19. The summed E-state index contributed by atoms with van der Waals surface area (Å²) in [5.41, 5.74) is 1.30. The zero-order valence-electron chi connectivity index (χ0n) is 13.7. The standard InChI is InChI=1S/C18H30O2/c1-6-7-8-9-10-16-11-12-17(19-14(2)3)13-18(16)20-15(4)5/h11-15H,6-10H2,1-5H3. The van der Waals surface area contributed by atoms with E-state index in [2.05, 4.69) is 32.9 Å². The van der Waals surface area contributed by atoms with Crippen LogP contribution in [0.3, 0.4) is 0 Å². The molecule has 0 radical (unpaired) electrons. The van der Waals surface area contributed by atoms with Gasteiger partial charge in [0.05, 0.1) is 12.2 Å². The molecular formula is C18H30O2. The topological polar surface area (TPSA) is 18.5 Å². The van der Waals surface area contributed by atoms with Gasteiger partial charge in [-0.05, 0) is 52.2 Å². The summed E-state index contributed by atoms with van der Waals surface area (Å²) in [7, 11) is 0. The van der Waals surface area contributed by atoms with E-state index in [9.17, 15) is 0 Å². The Bertz CT molecular complexity index is 383. The van der Waals surface area contributed by atoms with Crippen molar-refractivity contribution in [3.8, 4) is 11.5 Å². The number of rotatable bonds is 9. The zero-order chi connectivity index (χ0) is 15.0. The van der Waals surface area contributed by atoms with E-state index in [4.69, 9.17) is 9.47 Å². The first-order valence-corrected chi connectivity index (χ1v) is 7.99. The van der Waals surface area contributed by atoms with Gasteiger partial charge in [0.25, 0.3) is 0 Å². The molecule has 0 unspecified atom stereocenters. The number of aryl methyl sites for hydroxylation is 1. The molecule has 0 saturated heterocycles. The van der Waals surface area contributed by atoms with Gasteiger partial charge in [-0.15, -0.1) is 0 Å². The van der Waals surface area contributed by atoms with Crippen LogP contribution in [0.5, 0.6) is 11.5 Å². The van der Waals surface area contributed by atoms with Crippen LogP contribution in [0.2, 0.25) is 0 Å². The minimum atomic E-state index is 0.192. The lowest BCUT2D eigenvalue weighted by Gasteiger charge is -2.17. The van der Waals surface area contributed by atoms with Gasteiger partial charge >= 0.3 is 0 Å². The molecule has 1 rings (SSSR count). The summed E-state index contributed by atoms with van der Waals surface area (Å²) in [5.74, 6) is 1.88. The van der Waals surface area contributed by atoms with E-state index < -0.39 is 0 Å². The smallest absolute Gasteiger partial charge is 0.126 e. The molecule has 114 valence electrons. The van der Waals surface area contributed by atoms with Crippen LogP contribution in [0.25, 0.3) is 0 Å². The Morgan fingerprint density at radius 2 is 1.60 bits per heavy atom. The van der Waals surface area contributed by atoms with Crippen molar-refractivity contribution < 1.29 is 9.47 Å². The summed E-state index contributed by atoms with van der Waals surface area (Å²) >= 11 is 0. The Labute approximate surface area is 124 Å². The van der Waals surface area contributed by atoms with Crippen LogP contribution in [-0.4, -0.2) is 12.2 Å². The van der Waals surface area contributed by atoms with Crippen LogP contribution >= 0.6 is 0 Å². The van der Waals surface area contributed by atoms with Gasteiger partial charge in [0.1, 0.15) is 11.5 Å². The van der Waals surface area contributed by atoms with Gasteiger partial charge in [-0.1, -0.05) is 32.3 Å². The third kappa shape index (κ3) is 6.31. The summed E-state index contributed by atoms with van der Waals surface area (Å²) in [6.45, 7) is 10.5. The summed E-state index contributed by atoms with van der Waals surface area (Å²) in [5, 5.41) is 0. The quantitative estimate of drug-likeness (QED) is 0.564. The molecule has 0 aromatic heterocycles.